The number of carbonyl (C=O) groups is 1. The highest BCUT2D eigenvalue weighted by molar-refractivity contribution is 5.81. The number of rotatable bonds is 4. The lowest BCUT2D eigenvalue weighted by atomic mass is 9.91. The number of methoxy groups -OCH3 is 1. The largest absolute Gasteiger partial charge is 0.468 e. The molecule has 0 spiro atoms. The van der Waals surface area contributed by atoms with Crippen molar-refractivity contribution >= 4 is 5.97 Å². The Bertz CT molecular complexity index is 522. The minimum absolute atomic E-state index is 0.887. The first-order valence-electron chi connectivity index (χ1n) is 5.18. The smallest absolute Gasteiger partial charge is 0.328 e. The van der Waals surface area contributed by atoms with Gasteiger partial charge in [-0.3, -0.25) is 0 Å². The molecule has 0 aliphatic rings. The van der Waals surface area contributed by atoms with Gasteiger partial charge >= 0.3 is 5.97 Å². The molecule has 112 valence electrons. The van der Waals surface area contributed by atoms with Crippen LogP contribution in [0.15, 0.2) is 0 Å². The van der Waals surface area contributed by atoms with Crippen LogP contribution in [0.3, 0.4) is 0 Å². The predicted octanol–water partition coefficient (Wildman–Crippen LogP) is 0.787. The summed E-state index contributed by atoms with van der Waals surface area (Å²) in [6.45, 7) is -1.11. The van der Waals surface area contributed by atoms with Crippen LogP contribution in [0.4, 0.5) is 22.0 Å². The molecule has 0 amide bonds. The number of benzene rings is 1. The molecular weight excluding hydrogens is 289 g/mol. The van der Waals surface area contributed by atoms with Crippen LogP contribution in [0.5, 0.6) is 0 Å². The molecule has 0 aliphatic heterocycles. The molecule has 0 aliphatic carbocycles. The molecule has 1 rings (SSSR count). The number of halogens is 5. The van der Waals surface area contributed by atoms with Crippen LogP contribution in [0.1, 0.15) is 5.56 Å². The van der Waals surface area contributed by atoms with Crippen molar-refractivity contribution in [2.24, 2.45) is 5.73 Å². The van der Waals surface area contributed by atoms with E-state index in [2.05, 4.69) is 4.74 Å². The molecule has 20 heavy (non-hydrogen) atoms. The first-order chi connectivity index (χ1) is 9.19. The van der Waals surface area contributed by atoms with Crippen molar-refractivity contribution in [2.45, 2.75) is 12.0 Å². The van der Waals surface area contributed by atoms with Gasteiger partial charge in [-0.15, -0.1) is 0 Å². The predicted molar refractivity (Wildman–Crippen MR) is 56.0 cm³/mol. The van der Waals surface area contributed by atoms with E-state index >= 15 is 0 Å². The molecule has 0 fully saturated rings. The summed E-state index contributed by atoms with van der Waals surface area (Å²) >= 11 is 0. The first kappa shape index (κ1) is 16.3. The van der Waals surface area contributed by atoms with E-state index in [1.54, 1.807) is 0 Å². The molecule has 0 radical (unpaired) electrons. The minimum Gasteiger partial charge on any atom is -0.468 e. The van der Waals surface area contributed by atoms with Gasteiger partial charge in [0.2, 0.25) is 5.82 Å². The quantitative estimate of drug-likeness (QED) is 0.373. The third kappa shape index (κ3) is 2.59. The van der Waals surface area contributed by atoms with E-state index in [-0.39, 0.29) is 0 Å². The lowest BCUT2D eigenvalue weighted by Crippen LogP contribution is -2.54. The maximum atomic E-state index is 13.4. The number of ether oxygens (including phenoxy) is 1. The van der Waals surface area contributed by atoms with E-state index in [9.17, 15) is 26.7 Å². The molecule has 0 saturated heterocycles. The Morgan fingerprint density at radius 2 is 1.50 bits per heavy atom. The van der Waals surface area contributed by atoms with Crippen molar-refractivity contribution in [1.82, 2.24) is 0 Å². The second kappa shape index (κ2) is 5.71. The maximum Gasteiger partial charge on any atom is 0.328 e. The van der Waals surface area contributed by atoms with Gasteiger partial charge in [0, 0.05) is 12.0 Å². The standard InChI is InChI=1S/C11H10F5NO3/c1-20-10(19)11(17,3-18)2-4-5(12)7(14)9(16)8(15)6(4)13/h18H,2-3,17H2,1H3/t11-/m1/s1. The summed E-state index contributed by atoms with van der Waals surface area (Å²) in [4.78, 5) is 11.3. The molecule has 0 bridgehead atoms. The fourth-order valence-electron chi connectivity index (χ4n) is 1.52. The Morgan fingerprint density at radius 3 is 1.85 bits per heavy atom. The third-order valence-corrected chi connectivity index (χ3v) is 2.67. The lowest BCUT2D eigenvalue weighted by Gasteiger charge is -2.24. The van der Waals surface area contributed by atoms with E-state index < -0.39 is 59.2 Å². The van der Waals surface area contributed by atoms with Gasteiger partial charge in [0.05, 0.1) is 13.7 Å². The van der Waals surface area contributed by atoms with Gasteiger partial charge in [0.15, 0.2) is 23.3 Å². The molecule has 3 N–H and O–H groups in total. The van der Waals surface area contributed by atoms with Gasteiger partial charge in [0.25, 0.3) is 0 Å². The molecule has 4 nitrogen and oxygen atoms in total. The Hall–Kier alpha value is -1.74. The molecule has 0 unspecified atom stereocenters. The van der Waals surface area contributed by atoms with E-state index in [0.717, 1.165) is 7.11 Å². The monoisotopic (exact) mass is 299 g/mol. The van der Waals surface area contributed by atoms with Gasteiger partial charge in [-0.1, -0.05) is 0 Å². The van der Waals surface area contributed by atoms with Gasteiger partial charge in [-0.05, 0) is 0 Å². The molecule has 0 heterocycles. The zero-order valence-corrected chi connectivity index (χ0v) is 10.1. The number of aliphatic hydroxyl groups excluding tert-OH is 1. The lowest BCUT2D eigenvalue weighted by molar-refractivity contribution is -0.148. The summed E-state index contributed by atoms with van der Waals surface area (Å²) in [6, 6.07) is 0. The summed E-state index contributed by atoms with van der Waals surface area (Å²) in [5, 5.41) is 8.99. The molecule has 9 heteroatoms. The van der Waals surface area contributed by atoms with E-state index in [4.69, 9.17) is 10.8 Å². The highest BCUT2D eigenvalue weighted by Crippen LogP contribution is 2.26. The summed E-state index contributed by atoms with van der Waals surface area (Å²) in [5.74, 6) is -12.1. The van der Waals surface area contributed by atoms with Crippen LogP contribution in [0.2, 0.25) is 0 Å². The molecule has 0 saturated carbocycles. The topological polar surface area (TPSA) is 72.5 Å². The first-order valence-corrected chi connectivity index (χ1v) is 5.18. The minimum atomic E-state index is -2.33. The number of hydrogen-bond acceptors (Lipinski definition) is 4. The number of esters is 1. The van der Waals surface area contributed by atoms with Crippen LogP contribution in [-0.4, -0.2) is 30.3 Å². The molecule has 1 atom stereocenters. The Morgan fingerprint density at radius 1 is 1.10 bits per heavy atom. The van der Waals surface area contributed by atoms with Gasteiger partial charge in [-0.2, -0.15) is 0 Å². The Balaban J connectivity index is 3.38. The summed E-state index contributed by atoms with van der Waals surface area (Å²) in [6.07, 6.45) is -1.12. The Kier molecular flexibility index (Phi) is 4.66. The van der Waals surface area contributed by atoms with E-state index in [1.165, 1.54) is 0 Å². The molecule has 0 aromatic heterocycles. The molecule has 1 aromatic carbocycles. The highest BCUT2D eigenvalue weighted by atomic mass is 19.2. The summed E-state index contributed by atoms with van der Waals surface area (Å²) in [7, 11) is 0.887. The SMILES string of the molecule is COC(=O)[C@](N)(CO)Cc1c(F)c(F)c(F)c(F)c1F. The van der Waals surface area contributed by atoms with Crippen LogP contribution in [-0.2, 0) is 16.0 Å². The average Bonchev–Trinajstić information content (AvgIpc) is 2.46. The fraction of sp³-hybridized carbons (Fsp3) is 0.364. The maximum absolute atomic E-state index is 13.4. The van der Waals surface area contributed by atoms with Crippen LogP contribution >= 0.6 is 0 Å². The zero-order valence-electron chi connectivity index (χ0n) is 10.1. The van der Waals surface area contributed by atoms with Crippen molar-refractivity contribution in [2.75, 3.05) is 13.7 Å². The molecular formula is C11H10F5NO3. The van der Waals surface area contributed by atoms with Crippen molar-refractivity contribution in [1.29, 1.82) is 0 Å². The fourth-order valence-corrected chi connectivity index (χ4v) is 1.52. The van der Waals surface area contributed by atoms with Crippen LogP contribution in [0.25, 0.3) is 0 Å². The second-order valence-electron chi connectivity index (χ2n) is 4.03. The Labute approximate surface area is 109 Å². The van der Waals surface area contributed by atoms with Crippen molar-refractivity contribution in [3.63, 3.8) is 0 Å². The normalized spacial score (nSPS) is 14.0. The number of hydrogen-bond donors (Lipinski definition) is 2. The van der Waals surface area contributed by atoms with Gasteiger partial charge in [0.1, 0.15) is 5.54 Å². The van der Waals surface area contributed by atoms with Crippen LogP contribution < -0.4 is 5.73 Å². The zero-order chi connectivity index (χ0) is 15.7. The molecule has 1 aromatic rings. The number of nitrogens with two attached hydrogens (primary N) is 1. The van der Waals surface area contributed by atoms with Gasteiger partial charge in [-0.25, -0.2) is 26.7 Å². The van der Waals surface area contributed by atoms with E-state index in [1.807, 2.05) is 0 Å². The number of carbonyl (C=O) groups excluding carboxylic acids is 1. The summed E-state index contributed by atoms with van der Waals surface area (Å²) in [5.41, 5.74) is 1.73. The van der Waals surface area contributed by atoms with Gasteiger partial charge < -0.3 is 15.6 Å². The highest BCUT2D eigenvalue weighted by Gasteiger charge is 2.38. The van der Waals surface area contributed by atoms with Crippen molar-refractivity contribution < 1.29 is 36.6 Å². The van der Waals surface area contributed by atoms with Crippen LogP contribution in [0, 0.1) is 29.1 Å². The summed E-state index contributed by atoms with van der Waals surface area (Å²) < 4.78 is 69.9. The van der Waals surface area contributed by atoms with E-state index in [0.29, 0.717) is 0 Å². The second-order valence-corrected chi connectivity index (χ2v) is 4.03. The third-order valence-electron chi connectivity index (χ3n) is 2.67. The number of aliphatic hydroxyl groups is 1. The average molecular weight is 299 g/mol. The van der Waals surface area contributed by atoms with Crippen molar-refractivity contribution in [3.05, 3.63) is 34.6 Å². The van der Waals surface area contributed by atoms with Crippen molar-refractivity contribution in [3.8, 4) is 0 Å².